The molecule has 4 heteroatoms. The fourth-order valence-corrected chi connectivity index (χ4v) is 4.72. The predicted octanol–water partition coefficient (Wildman–Crippen LogP) is 3.76. The van der Waals surface area contributed by atoms with Gasteiger partial charge in [-0.2, -0.15) is 0 Å². The second-order valence-electron chi connectivity index (χ2n) is 7.76. The van der Waals surface area contributed by atoms with Crippen LogP contribution in [0.3, 0.4) is 0 Å². The van der Waals surface area contributed by atoms with Gasteiger partial charge in [0.25, 0.3) is 0 Å². The van der Waals surface area contributed by atoms with Gasteiger partial charge in [-0.1, -0.05) is 31.0 Å². The minimum Gasteiger partial charge on any atom is -0.464 e. The summed E-state index contributed by atoms with van der Waals surface area (Å²) in [5, 5.41) is 9.54. The van der Waals surface area contributed by atoms with Gasteiger partial charge in [0.05, 0.1) is 6.26 Å². The molecule has 0 amide bonds. The van der Waals surface area contributed by atoms with Crippen molar-refractivity contribution in [3.05, 3.63) is 48.2 Å². The maximum Gasteiger partial charge on any atom is 0.133 e. The highest BCUT2D eigenvalue weighted by Crippen LogP contribution is 2.28. The Hall–Kier alpha value is -1.62. The molecule has 1 saturated heterocycles. The van der Waals surface area contributed by atoms with Crippen molar-refractivity contribution in [1.29, 1.82) is 0 Å². The minimum absolute atomic E-state index is 0.287. The Morgan fingerprint density at radius 1 is 1.08 bits per heavy atom. The Morgan fingerprint density at radius 3 is 2.73 bits per heavy atom. The molecule has 4 nitrogen and oxygen atoms in total. The SMILES string of the molecule is OCC[C@@H]1CN(Cc2cccc(-c3ccco3)c2)CCN1C1CCCC1. The molecular formula is C22H30N2O2. The third-order valence-electron chi connectivity index (χ3n) is 6.01. The van der Waals surface area contributed by atoms with Crippen molar-refractivity contribution >= 4 is 0 Å². The molecule has 2 aliphatic rings. The van der Waals surface area contributed by atoms with Crippen LogP contribution in [0.5, 0.6) is 0 Å². The maximum atomic E-state index is 9.54. The zero-order valence-electron chi connectivity index (χ0n) is 15.5. The van der Waals surface area contributed by atoms with Crippen LogP contribution in [0.15, 0.2) is 47.1 Å². The highest BCUT2D eigenvalue weighted by Gasteiger charge is 2.32. The fourth-order valence-electron chi connectivity index (χ4n) is 4.72. The van der Waals surface area contributed by atoms with Crippen molar-refractivity contribution in [2.24, 2.45) is 0 Å². The van der Waals surface area contributed by atoms with E-state index in [-0.39, 0.29) is 6.61 Å². The molecule has 140 valence electrons. The molecule has 0 radical (unpaired) electrons. The smallest absolute Gasteiger partial charge is 0.133 e. The number of hydrogen-bond donors (Lipinski definition) is 1. The third-order valence-corrected chi connectivity index (χ3v) is 6.01. The number of benzene rings is 1. The van der Waals surface area contributed by atoms with Gasteiger partial charge in [0, 0.05) is 50.4 Å². The van der Waals surface area contributed by atoms with Crippen LogP contribution in [0, 0.1) is 0 Å². The van der Waals surface area contributed by atoms with E-state index in [9.17, 15) is 5.11 Å². The summed E-state index contributed by atoms with van der Waals surface area (Å²) >= 11 is 0. The lowest BCUT2D eigenvalue weighted by Gasteiger charge is -2.44. The van der Waals surface area contributed by atoms with Gasteiger partial charge >= 0.3 is 0 Å². The van der Waals surface area contributed by atoms with Crippen LogP contribution >= 0.6 is 0 Å². The summed E-state index contributed by atoms with van der Waals surface area (Å²) in [7, 11) is 0. The average Bonchev–Trinajstić information content (AvgIpc) is 3.37. The molecule has 4 rings (SSSR count). The second kappa shape index (κ2) is 8.38. The normalized spacial score (nSPS) is 22.9. The molecule has 1 N–H and O–H groups in total. The van der Waals surface area contributed by atoms with Gasteiger partial charge in [-0.25, -0.2) is 0 Å². The fraction of sp³-hybridized carbons (Fsp3) is 0.545. The van der Waals surface area contributed by atoms with Crippen molar-refractivity contribution < 1.29 is 9.52 Å². The van der Waals surface area contributed by atoms with Gasteiger partial charge < -0.3 is 9.52 Å². The molecule has 1 saturated carbocycles. The predicted molar refractivity (Wildman–Crippen MR) is 104 cm³/mol. The number of piperazine rings is 1. The Balaban J connectivity index is 1.42. The second-order valence-corrected chi connectivity index (χ2v) is 7.76. The molecule has 0 unspecified atom stereocenters. The lowest BCUT2D eigenvalue weighted by atomic mass is 10.0. The van der Waals surface area contributed by atoms with E-state index in [2.05, 4.69) is 34.1 Å². The van der Waals surface area contributed by atoms with Crippen molar-refractivity contribution in [2.45, 2.75) is 50.7 Å². The maximum absolute atomic E-state index is 9.54. The third kappa shape index (κ3) is 4.03. The van der Waals surface area contributed by atoms with Gasteiger partial charge in [-0.3, -0.25) is 9.80 Å². The van der Waals surface area contributed by atoms with Crippen molar-refractivity contribution in [2.75, 3.05) is 26.2 Å². The van der Waals surface area contributed by atoms with E-state index in [0.717, 1.165) is 50.0 Å². The van der Waals surface area contributed by atoms with E-state index < -0.39 is 0 Å². The number of hydrogen-bond acceptors (Lipinski definition) is 4. The number of rotatable bonds is 6. The molecule has 26 heavy (non-hydrogen) atoms. The number of aliphatic hydroxyl groups is 1. The van der Waals surface area contributed by atoms with Crippen LogP contribution in [-0.2, 0) is 6.54 Å². The largest absolute Gasteiger partial charge is 0.464 e. The summed E-state index contributed by atoms with van der Waals surface area (Å²) in [5.74, 6) is 0.927. The van der Waals surface area contributed by atoms with Crippen molar-refractivity contribution in [3.8, 4) is 11.3 Å². The molecular weight excluding hydrogens is 324 g/mol. The Labute approximate surface area is 156 Å². The van der Waals surface area contributed by atoms with E-state index >= 15 is 0 Å². The monoisotopic (exact) mass is 354 g/mol. The molecule has 2 aromatic rings. The zero-order valence-corrected chi connectivity index (χ0v) is 15.5. The van der Waals surface area contributed by atoms with Gasteiger partial charge in [0.2, 0.25) is 0 Å². The molecule has 1 atom stereocenters. The Bertz CT molecular complexity index is 679. The molecule has 1 aromatic heterocycles. The van der Waals surface area contributed by atoms with E-state index in [4.69, 9.17) is 4.42 Å². The van der Waals surface area contributed by atoms with E-state index in [0.29, 0.717) is 6.04 Å². The van der Waals surface area contributed by atoms with Crippen molar-refractivity contribution in [3.63, 3.8) is 0 Å². The van der Waals surface area contributed by atoms with Gasteiger partial charge in [-0.05, 0) is 43.0 Å². The summed E-state index contributed by atoms with van der Waals surface area (Å²) in [6.45, 7) is 4.56. The molecule has 2 heterocycles. The summed E-state index contributed by atoms with van der Waals surface area (Å²) in [4.78, 5) is 5.24. The molecule has 0 spiro atoms. The first-order valence-corrected chi connectivity index (χ1v) is 10.1. The Kier molecular flexibility index (Phi) is 5.73. The summed E-state index contributed by atoms with van der Waals surface area (Å²) in [6, 6.07) is 13.9. The van der Waals surface area contributed by atoms with Crippen LogP contribution < -0.4 is 0 Å². The van der Waals surface area contributed by atoms with Crippen LogP contribution in [-0.4, -0.2) is 53.2 Å². The minimum atomic E-state index is 0.287. The molecule has 2 fully saturated rings. The van der Waals surface area contributed by atoms with Gasteiger partial charge in [0.15, 0.2) is 0 Å². The number of furan rings is 1. The standard InChI is InChI=1S/C22H30N2O2/c25-13-10-21-17-23(11-12-24(21)20-7-1-2-8-20)16-18-5-3-6-19(15-18)22-9-4-14-26-22/h3-6,9,14-15,20-21,25H,1-2,7-8,10-13,16-17H2/t21-/m1/s1. The molecule has 1 aliphatic carbocycles. The number of nitrogens with zero attached hydrogens (tertiary/aromatic N) is 2. The van der Waals surface area contributed by atoms with Crippen LogP contribution in [0.25, 0.3) is 11.3 Å². The van der Waals surface area contributed by atoms with Crippen LogP contribution in [0.1, 0.15) is 37.7 Å². The van der Waals surface area contributed by atoms with Crippen LogP contribution in [0.4, 0.5) is 0 Å². The quantitative estimate of drug-likeness (QED) is 0.857. The summed E-state index contributed by atoms with van der Waals surface area (Å²) in [6.07, 6.45) is 8.04. The highest BCUT2D eigenvalue weighted by molar-refractivity contribution is 5.58. The van der Waals surface area contributed by atoms with Gasteiger partial charge in [-0.15, -0.1) is 0 Å². The molecule has 1 aliphatic heterocycles. The van der Waals surface area contributed by atoms with E-state index in [1.165, 1.54) is 31.2 Å². The zero-order chi connectivity index (χ0) is 17.8. The Morgan fingerprint density at radius 2 is 1.96 bits per heavy atom. The lowest BCUT2D eigenvalue weighted by molar-refractivity contribution is 0.0267. The first-order chi connectivity index (χ1) is 12.8. The topological polar surface area (TPSA) is 39.9 Å². The first kappa shape index (κ1) is 17.8. The lowest BCUT2D eigenvalue weighted by Crippen LogP contribution is -2.55. The number of aliphatic hydroxyl groups excluding tert-OH is 1. The van der Waals surface area contributed by atoms with Crippen LogP contribution in [0.2, 0.25) is 0 Å². The highest BCUT2D eigenvalue weighted by atomic mass is 16.3. The van der Waals surface area contributed by atoms with Gasteiger partial charge in [0.1, 0.15) is 5.76 Å². The molecule has 1 aromatic carbocycles. The summed E-state index contributed by atoms with van der Waals surface area (Å²) < 4.78 is 5.54. The average molecular weight is 354 g/mol. The van der Waals surface area contributed by atoms with E-state index in [1.54, 1.807) is 6.26 Å². The first-order valence-electron chi connectivity index (χ1n) is 10.1. The van der Waals surface area contributed by atoms with Crippen molar-refractivity contribution in [1.82, 2.24) is 9.80 Å². The molecule has 0 bridgehead atoms. The summed E-state index contributed by atoms with van der Waals surface area (Å²) in [5.41, 5.74) is 2.47. The van der Waals surface area contributed by atoms with E-state index in [1.807, 2.05) is 12.1 Å².